The lowest BCUT2D eigenvalue weighted by Crippen LogP contribution is -2.15. The Hall–Kier alpha value is -2.34. The molecule has 0 radical (unpaired) electrons. The van der Waals surface area contributed by atoms with E-state index in [2.05, 4.69) is 5.32 Å². The molecule has 6 heteroatoms. The predicted molar refractivity (Wildman–Crippen MR) is 83.1 cm³/mol. The van der Waals surface area contributed by atoms with Gasteiger partial charge in [0.1, 0.15) is 0 Å². The molecule has 0 saturated carbocycles. The van der Waals surface area contributed by atoms with Crippen LogP contribution in [-0.2, 0) is 9.84 Å². The molecule has 0 atom stereocenters. The molecule has 2 rings (SSSR count). The van der Waals surface area contributed by atoms with Gasteiger partial charge in [-0.15, -0.1) is 0 Å². The fraction of sp³-hybridized carbons (Fsp3) is 0.133. The Kier molecular flexibility index (Phi) is 3.99. The van der Waals surface area contributed by atoms with E-state index in [4.69, 9.17) is 5.73 Å². The summed E-state index contributed by atoms with van der Waals surface area (Å²) in [6.07, 6.45) is 1.10. The third kappa shape index (κ3) is 3.61. The molecule has 110 valence electrons. The smallest absolute Gasteiger partial charge is 0.255 e. The highest BCUT2D eigenvalue weighted by atomic mass is 32.2. The molecule has 0 bridgehead atoms. The largest absolute Gasteiger partial charge is 0.399 e. The number of nitrogens with one attached hydrogen (secondary N) is 1. The third-order valence-corrected chi connectivity index (χ3v) is 4.05. The topological polar surface area (TPSA) is 89.3 Å². The van der Waals surface area contributed by atoms with Crippen LogP contribution < -0.4 is 11.1 Å². The maximum atomic E-state index is 12.2. The fourth-order valence-corrected chi connectivity index (χ4v) is 2.88. The number of para-hydroxylation sites is 1. The lowest BCUT2D eigenvalue weighted by Gasteiger charge is -2.10. The van der Waals surface area contributed by atoms with E-state index in [1.165, 1.54) is 6.07 Å². The number of carbonyl (C=O) groups is 1. The Bertz CT molecular complexity index is 778. The summed E-state index contributed by atoms with van der Waals surface area (Å²) in [5.74, 6) is -0.401. The van der Waals surface area contributed by atoms with Crippen molar-refractivity contribution in [1.82, 2.24) is 0 Å². The molecule has 0 aromatic heterocycles. The molecular formula is C15H16N2O3S. The second-order valence-corrected chi connectivity index (χ2v) is 6.84. The van der Waals surface area contributed by atoms with Crippen LogP contribution >= 0.6 is 0 Å². The van der Waals surface area contributed by atoms with Gasteiger partial charge in [-0.3, -0.25) is 4.79 Å². The lowest BCUT2D eigenvalue weighted by molar-refractivity contribution is 0.102. The Morgan fingerprint density at radius 2 is 1.81 bits per heavy atom. The zero-order valence-corrected chi connectivity index (χ0v) is 12.6. The van der Waals surface area contributed by atoms with E-state index < -0.39 is 15.7 Å². The summed E-state index contributed by atoms with van der Waals surface area (Å²) in [4.78, 5) is 12.3. The standard InChI is InChI=1S/C15H16N2O3S/c1-10-7-11(9-12(16)8-10)15(18)17-13-5-3-4-6-14(13)21(2,19)20/h3-9H,16H2,1-2H3,(H,17,18). The minimum atomic E-state index is -3.42. The second kappa shape index (κ2) is 5.57. The van der Waals surface area contributed by atoms with Crippen LogP contribution in [0.3, 0.4) is 0 Å². The van der Waals surface area contributed by atoms with Gasteiger partial charge in [0.15, 0.2) is 9.84 Å². The highest BCUT2D eigenvalue weighted by Gasteiger charge is 2.15. The quantitative estimate of drug-likeness (QED) is 0.851. The van der Waals surface area contributed by atoms with Gasteiger partial charge in [0.25, 0.3) is 5.91 Å². The highest BCUT2D eigenvalue weighted by Crippen LogP contribution is 2.22. The summed E-state index contributed by atoms with van der Waals surface area (Å²) < 4.78 is 23.4. The van der Waals surface area contributed by atoms with E-state index in [0.717, 1.165) is 11.8 Å². The van der Waals surface area contributed by atoms with Crippen LogP contribution in [0, 0.1) is 6.92 Å². The second-order valence-electron chi connectivity index (χ2n) is 4.85. The molecule has 0 fully saturated rings. The van der Waals surface area contributed by atoms with E-state index in [1.54, 1.807) is 36.4 Å². The number of nitrogens with two attached hydrogens (primary N) is 1. The minimum absolute atomic E-state index is 0.0824. The van der Waals surface area contributed by atoms with E-state index in [1.807, 2.05) is 6.92 Å². The van der Waals surface area contributed by atoms with Gasteiger partial charge in [-0.1, -0.05) is 12.1 Å². The van der Waals surface area contributed by atoms with Crippen LogP contribution in [0.25, 0.3) is 0 Å². The van der Waals surface area contributed by atoms with E-state index >= 15 is 0 Å². The van der Waals surface area contributed by atoms with Crippen LogP contribution in [0.2, 0.25) is 0 Å². The first-order valence-corrected chi connectivity index (χ1v) is 8.14. The molecule has 2 aromatic rings. The molecule has 0 unspecified atom stereocenters. The van der Waals surface area contributed by atoms with E-state index in [9.17, 15) is 13.2 Å². The summed E-state index contributed by atoms with van der Waals surface area (Å²) >= 11 is 0. The van der Waals surface area contributed by atoms with Gasteiger partial charge < -0.3 is 11.1 Å². The van der Waals surface area contributed by atoms with Crippen LogP contribution in [0.1, 0.15) is 15.9 Å². The Morgan fingerprint density at radius 3 is 2.43 bits per heavy atom. The van der Waals surface area contributed by atoms with Crippen molar-refractivity contribution in [3.8, 4) is 0 Å². The first kappa shape index (κ1) is 15.1. The van der Waals surface area contributed by atoms with Gasteiger partial charge in [0, 0.05) is 17.5 Å². The number of benzene rings is 2. The zero-order chi connectivity index (χ0) is 15.6. The lowest BCUT2D eigenvalue weighted by atomic mass is 10.1. The van der Waals surface area contributed by atoms with Gasteiger partial charge in [0.2, 0.25) is 0 Å². The van der Waals surface area contributed by atoms with Crippen LogP contribution in [-0.4, -0.2) is 20.6 Å². The molecule has 0 aliphatic heterocycles. The number of hydrogen-bond donors (Lipinski definition) is 2. The maximum Gasteiger partial charge on any atom is 0.255 e. The third-order valence-electron chi connectivity index (χ3n) is 2.90. The molecule has 21 heavy (non-hydrogen) atoms. The van der Waals surface area contributed by atoms with Crippen LogP contribution in [0.15, 0.2) is 47.4 Å². The van der Waals surface area contributed by atoms with Gasteiger partial charge in [0.05, 0.1) is 10.6 Å². The summed E-state index contributed by atoms with van der Waals surface area (Å²) in [5.41, 5.74) is 7.69. The zero-order valence-electron chi connectivity index (χ0n) is 11.8. The van der Waals surface area contributed by atoms with Crippen molar-refractivity contribution in [2.75, 3.05) is 17.3 Å². The number of carbonyl (C=O) groups excluding carboxylic acids is 1. The molecule has 1 amide bonds. The first-order valence-electron chi connectivity index (χ1n) is 6.25. The molecule has 2 aromatic carbocycles. The first-order chi connectivity index (χ1) is 9.77. The Morgan fingerprint density at radius 1 is 1.14 bits per heavy atom. The summed E-state index contributed by atoms with van der Waals surface area (Å²) in [6, 6.07) is 11.3. The minimum Gasteiger partial charge on any atom is -0.399 e. The number of amides is 1. The summed E-state index contributed by atoms with van der Waals surface area (Å²) in [7, 11) is -3.42. The molecule has 0 aliphatic carbocycles. The van der Waals surface area contributed by atoms with Crippen molar-refractivity contribution in [2.45, 2.75) is 11.8 Å². The molecule has 3 N–H and O–H groups in total. The summed E-state index contributed by atoms with van der Waals surface area (Å²) in [6.45, 7) is 1.83. The predicted octanol–water partition coefficient (Wildman–Crippen LogP) is 2.23. The fourth-order valence-electron chi connectivity index (χ4n) is 2.03. The van der Waals surface area contributed by atoms with Gasteiger partial charge >= 0.3 is 0 Å². The molecule has 0 saturated heterocycles. The van der Waals surface area contributed by atoms with E-state index in [0.29, 0.717) is 11.3 Å². The number of anilines is 2. The van der Waals surface area contributed by atoms with Crippen molar-refractivity contribution < 1.29 is 13.2 Å². The molecule has 0 spiro atoms. The monoisotopic (exact) mass is 304 g/mol. The molecule has 0 heterocycles. The maximum absolute atomic E-state index is 12.2. The number of sulfone groups is 1. The SMILES string of the molecule is Cc1cc(N)cc(C(=O)Nc2ccccc2S(C)(=O)=O)c1. The highest BCUT2D eigenvalue weighted by molar-refractivity contribution is 7.90. The average molecular weight is 304 g/mol. The number of aryl methyl sites for hydroxylation is 1. The van der Waals surface area contributed by atoms with Crippen molar-refractivity contribution in [2.24, 2.45) is 0 Å². The van der Waals surface area contributed by atoms with Crippen molar-refractivity contribution in [3.63, 3.8) is 0 Å². The Labute approximate surface area is 123 Å². The molecule has 5 nitrogen and oxygen atoms in total. The average Bonchev–Trinajstić information content (AvgIpc) is 2.37. The molecular weight excluding hydrogens is 288 g/mol. The molecule has 0 aliphatic rings. The van der Waals surface area contributed by atoms with Gasteiger partial charge in [-0.2, -0.15) is 0 Å². The van der Waals surface area contributed by atoms with Crippen LogP contribution in [0.4, 0.5) is 11.4 Å². The van der Waals surface area contributed by atoms with Gasteiger partial charge in [-0.05, 0) is 42.8 Å². The van der Waals surface area contributed by atoms with Gasteiger partial charge in [-0.25, -0.2) is 8.42 Å². The normalized spacial score (nSPS) is 11.1. The van der Waals surface area contributed by atoms with E-state index in [-0.39, 0.29) is 10.6 Å². The van der Waals surface area contributed by atoms with Crippen molar-refractivity contribution in [3.05, 3.63) is 53.6 Å². The van der Waals surface area contributed by atoms with Crippen molar-refractivity contribution >= 4 is 27.1 Å². The van der Waals surface area contributed by atoms with Crippen molar-refractivity contribution in [1.29, 1.82) is 0 Å². The van der Waals surface area contributed by atoms with Crippen LogP contribution in [0.5, 0.6) is 0 Å². The number of nitrogen functional groups attached to an aromatic ring is 1. The number of rotatable bonds is 3. The summed E-state index contributed by atoms with van der Waals surface area (Å²) in [5, 5.41) is 2.61. The Balaban J connectivity index is 2.37. The number of hydrogen-bond acceptors (Lipinski definition) is 4.